The predicted molar refractivity (Wildman–Crippen MR) is 131 cm³/mol. The average molecular weight is 456 g/mol. The summed E-state index contributed by atoms with van der Waals surface area (Å²) in [5.74, 6) is 2.09. The highest BCUT2D eigenvalue weighted by atomic mass is 16.8. The number of quaternary nitrogens is 1. The second-order valence-electron chi connectivity index (χ2n) is 10.4. The third kappa shape index (κ3) is 5.76. The van der Waals surface area contributed by atoms with Crippen molar-refractivity contribution in [2.24, 2.45) is 16.8 Å². The number of guanidine groups is 1. The van der Waals surface area contributed by atoms with Crippen molar-refractivity contribution in [3.05, 3.63) is 40.2 Å². The molecule has 2 saturated carbocycles. The van der Waals surface area contributed by atoms with Crippen LogP contribution in [0.5, 0.6) is 0 Å². The first-order chi connectivity index (χ1) is 16.0. The summed E-state index contributed by atoms with van der Waals surface area (Å²) in [7, 11) is 1.74. The molecule has 1 aromatic rings. The number of carbonyl (C=O) groups excluding carboxylic acids is 1. The fraction of sp³-hybridized carbons (Fsp3) is 0.692. The van der Waals surface area contributed by atoms with Gasteiger partial charge in [0.15, 0.2) is 0 Å². The van der Waals surface area contributed by atoms with Crippen molar-refractivity contribution in [1.29, 1.82) is 0 Å². The Morgan fingerprint density at radius 3 is 2.18 bits per heavy atom. The molecule has 7 nitrogen and oxygen atoms in total. The van der Waals surface area contributed by atoms with Crippen LogP contribution < -0.4 is 10.5 Å². The number of aliphatic imine (C=N–C) groups is 1. The van der Waals surface area contributed by atoms with E-state index in [0.717, 1.165) is 30.7 Å². The van der Waals surface area contributed by atoms with Gasteiger partial charge >= 0.3 is 0 Å². The third-order valence-corrected chi connectivity index (χ3v) is 8.07. The number of hydrogen-bond acceptors (Lipinski definition) is 4. The predicted octanol–water partition coefficient (Wildman–Crippen LogP) is 4.19. The second-order valence-corrected chi connectivity index (χ2v) is 10.4. The molecule has 0 spiro atoms. The van der Waals surface area contributed by atoms with Gasteiger partial charge in [-0.2, -0.15) is 0 Å². The summed E-state index contributed by atoms with van der Waals surface area (Å²) in [6, 6.07) is 6.60. The van der Waals surface area contributed by atoms with E-state index in [2.05, 4.69) is 10.3 Å². The molecule has 2 aliphatic carbocycles. The molecule has 1 heterocycles. The Balaban J connectivity index is 1.53. The lowest BCUT2D eigenvalue weighted by Crippen LogP contribution is -2.96. The van der Waals surface area contributed by atoms with Crippen LogP contribution in [0.25, 0.3) is 0 Å². The first-order valence-electron chi connectivity index (χ1n) is 12.9. The van der Waals surface area contributed by atoms with Gasteiger partial charge in [0.2, 0.25) is 5.96 Å². The lowest BCUT2D eigenvalue weighted by molar-refractivity contribution is -0.715. The lowest BCUT2D eigenvalue weighted by atomic mass is 9.75. The second kappa shape index (κ2) is 11.0. The fourth-order valence-corrected chi connectivity index (χ4v) is 6.16. The third-order valence-electron chi connectivity index (χ3n) is 8.07. The molecule has 3 aliphatic rings. The van der Waals surface area contributed by atoms with Crippen LogP contribution in [0, 0.1) is 22.3 Å². The first kappa shape index (κ1) is 24.2. The molecule has 1 saturated heterocycles. The van der Waals surface area contributed by atoms with E-state index >= 15 is 0 Å². The molecule has 2 N–H and O–H groups in total. The van der Waals surface area contributed by atoms with Crippen LogP contribution in [0.2, 0.25) is 0 Å². The summed E-state index contributed by atoms with van der Waals surface area (Å²) >= 11 is 0. The van der Waals surface area contributed by atoms with Gasteiger partial charge in [-0.3, -0.25) is 14.7 Å². The molecule has 3 fully saturated rings. The largest absolute Gasteiger partial charge is 0.628 e. The summed E-state index contributed by atoms with van der Waals surface area (Å²) in [4.78, 5) is 20.2. The number of nitrogens with zero attached hydrogens (tertiary/aromatic N) is 2. The van der Waals surface area contributed by atoms with Crippen LogP contribution in [-0.4, -0.2) is 29.4 Å². The molecule has 1 aromatic carbocycles. The van der Waals surface area contributed by atoms with E-state index in [0.29, 0.717) is 18.4 Å². The minimum absolute atomic E-state index is 0.133. The molecule has 0 aromatic heterocycles. The number of rotatable bonds is 8. The Bertz CT molecular complexity index is 813. The van der Waals surface area contributed by atoms with Crippen LogP contribution in [0.4, 0.5) is 5.69 Å². The SMILES string of the molecule is CN=C1N[C@](CCC2CCCCC2)(CC2CCCCC2)C(=O)N1Cc1ccc([NH+]([O-])[O-])cc1. The van der Waals surface area contributed by atoms with E-state index in [1.807, 2.05) is 0 Å². The molecule has 7 heteroatoms. The number of hydrogen-bond donors (Lipinski definition) is 2. The van der Waals surface area contributed by atoms with Crippen LogP contribution in [0.1, 0.15) is 89.0 Å². The van der Waals surface area contributed by atoms with E-state index in [4.69, 9.17) is 0 Å². The maximum atomic E-state index is 14.0. The van der Waals surface area contributed by atoms with Crippen LogP contribution in [0.3, 0.4) is 0 Å². The summed E-state index contributed by atoms with van der Waals surface area (Å²) in [5, 5.41) is 24.6. The topological polar surface area (TPSA) is 95.3 Å². The lowest BCUT2D eigenvalue weighted by Gasteiger charge is -2.34. The zero-order valence-electron chi connectivity index (χ0n) is 20.0. The molecule has 1 aliphatic heterocycles. The van der Waals surface area contributed by atoms with Crippen molar-refractivity contribution in [1.82, 2.24) is 10.2 Å². The zero-order valence-corrected chi connectivity index (χ0v) is 20.0. The number of benzene rings is 1. The Hall–Kier alpha value is -1.96. The number of amides is 1. The summed E-state index contributed by atoms with van der Waals surface area (Å²) in [6.45, 7) is 0.391. The van der Waals surface area contributed by atoms with Crippen molar-refractivity contribution in [2.75, 3.05) is 7.05 Å². The van der Waals surface area contributed by atoms with Crippen LogP contribution >= 0.6 is 0 Å². The average Bonchev–Trinajstić information content (AvgIpc) is 3.10. The molecule has 0 radical (unpaired) electrons. The quantitative estimate of drug-likeness (QED) is 0.575. The summed E-state index contributed by atoms with van der Waals surface area (Å²) in [5.41, 5.74) is 0.462. The molecule has 182 valence electrons. The molecule has 0 unspecified atom stereocenters. The summed E-state index contributed by atoms with van der Waals surface area (Å²) in [6.07, 6.45) is 15.7. The number of carbonyl (C=O) groups is 1. The van der Waals surface area contributed by atoms with E-state index in [-0.39, 0.29) is 11.6 Å². The van der Waals surface area contributed by atoms with E-state index in [1.54, 1.807) is 36.2 Å². The molecular weight excluding hydrogens is 416 g/mol. The molecular formula is C26H39N4O3-. The smallest absolute Gasteiger partial charge is 0.255 e. The van der Waals surface area contributed by atoms with E-state index in [1.165, 1.54) is 64.2 Å². The maximum Gasteiger partial charge on any atom is 0.255 e. The highest BCUT2D eigenvalue weighted by molar-refractivity contribution is 6.08. The monoisotopic (exact) mass is 455 g/mol. The minimum Gasteiger partial charge on any atom is -0.628 e. The molecule has 1 amide bonds. The van der Waals surface area contributed by atoms with Gasteiger partial charge < -0.3 is 21.0 Å². The summed E-state index contributed by atoms with van der Waals surface area (Å²) < 4.78 is 0. The van der Waals surface area contributed by atoms with Crippen molar-refractivity contribution >= 4 is 17.6 Å². The molecule has 0 bridgehead atoms. The van der Waals surface area contributed by atoms with Gasteiger partial charge in [-0.05, 0) is 48.8 Å². The molecule has 4 rings (SSSR count). The highest BCUT2D eigenvalue weighted by Crippen LogP contribution is 2.39. The van der Waals surface area contributed by atoms with Crippen molar-refractivity contribution < 1.29 is 10.0 Å². The molecule has 33 heavy (non-hydrogen) atoms. The van der Waals surface area contributed by atoms with Gasteiger partial charge in [-0.15, -0.1) is 0 Å². The van der Waals surface area contributed by atoms with Gasteiger partial charge in [-0.25, -0.2) is 0 Å². The van der Waals surface area contributed by atoms with E-state index in [9.17, 15) is 15.2 Å². The van der Waals surface area contributed by atoms with Gasteiger partial charge in [0.05, 0.1) is 6.54 Å². The number of nitrogens with one attached hydrogen (secondary N) is 2. The van der Waals surface area contributed by atoms with Crippen molar-refractivity contribution in [2.45, 2.75) is 95.6 Å². The minimum atomic E-state index is -1.19. The maximum absolute atomic E-state index is 14.0. The van der Waals surface area contributed by atoms with Crippen molar-refractivity contribution in [3.63, 3.8) is 0 Å². The Labute approximate surface area is 197 Å². The van der Waals surface area contributed by atoms with Gasteiger partial charge in [0.25, 0.3) is 5.91 Å². The Kier molecular flexibility index (Phi) is 8.04. The molecule has 1 atom stereocenters. The normalized spacial score (nSPS) is 26.4. The standard InChI is InChI=1S/C26H39N4O3/c1-27-25-28-26(18-21-10-6-3-7-11-21,17-16-20-8-4-2-5-9-20)24(31)29(25)19-22-12-14-23(15-13-22)30(32)33/h12-15,20-21,30H,2-11,16-19H2,1H3,(H,27,28)/q-1/t26-/m1/s1. The van der Waals surface area contributed by atoms with Crippen LogP contribution in [0.15, 0.2) is 29.3 Å². The van der Waals surface area contributed by atoms with Gasteiger partial charge in [0.1, 0.15) is 11.2 Å². The Morgan fingerprint density at radius 1 is 1.00 bits per heavy atom. The van der Waals surface area contributed by atoms with Crippen LogP contribution in [-0.2, 0) is 11.3 Å². The fourth-order valence-electron chi connectivity index (χ4n) is 6.16. The van der Waals surface area contributed by atoms with Gasteiger partial charge in [0, 0.05) is 7.05 Å². The first-order valence-corrected chi connectivity index (χ1v) is 12.9. The zero-order chi connectivity index (χ0) is 23.3. The van der Waals surface area contributed by atoms with E-state index < -0.39 is 10.8 Å². The van der Waals surface area contributed by atoms with Gasteiger partial charge in [-0.1, -0.05) is 76.3 Å². The highest BCUT2D eigenvalue weighted by Gasteiger charge is 2.50. The van der Waals surface area contributed by atoms with Crippen molar-refractivity contribution in [3.8, 4) is 0 Å². The Morgan fingerprint density at radius 2 is 1.61 bits per heavy atom.